The van der Waals surface area contributed by atoms with Crippen molar-refractivity contribution in [2.24, 2.45) is 5.73 Å². The van der Waals surface area contributed by atoms with Gasteiger partial charge in [0.1, 0.15) is 5.01 Å². The molecule has 7 nitrogen and oxygen atoms in total. The molecule has 0 fully saturated rings. The number of aromatic nitrogens is 2. The SMILES string of the molecule is NC1CCc2ncc(NC(=O)Cc3csc(-c4cccs4)n3)cc2C1.O=C(O)C(F)(F)F. The van der Waals surface area contributed by atoms with Gasteiger partial charge in [-0.05, 0) is 42.3 Å². The Balaban J connectivity index is 0.000000360. The quantitative estimate of drug-likeness (QED) is 0.517. The molecule has 170 valence electrons. The van der Waals surface area contributed by atoms with Gasteiger partial charge in [-0.15, -0.1) is 22.7 Å². The number of fused-ring (bicyclic) bond motifs is 1. The number of hydrogen-bond acceptors (Lipinski definition) is 7. The smallest absolute Gasteiger partial charge is 0.475 e. The molecule has 1 atom stereocenters. The highest BCUT2D eigenvalue weighted by atomic mass is 32.1. The molecule has 0 saturated carbocycles. The van der Waals surface area contributed by atoms with Gasteiger partial charge < -0.3 is 16.2 Å². The molecule has 32 heavy (non-hydrogen) atoms. The van der Waals surface area contributed by atoms with E-state index >= 15 is 0 Å². The summed E-state index contributed by atoms with van der Waals surface area (Å²) in [5, 5.41) is 15.0. The van der Waals surface area contributed by atoms with E-state index < -0.39 is 12.1 Å². The summed E-state index contributed by atoms with van der Waals surface area (Å²) in [6, 6.07) is 6.22. The van der Waals surface area contributed by atoms with E-state index in [1.807, 2.05) is 29.0 Å². The van der Waals surface area contributed by atoms with Crippen LogP contribution in [0.2, 0.25) is 0 Å². The molecule has 3 aromatic heterocycles. The highest BCUT2D eigenvalue weighted by molar-refractivity contribution is 7.20. The topological polar surface area (TPSA) is 118 Å². The summed E-state index contributed by atoms with van der Waals surface area (Å²) in [7, 11) is 0. The number of anilines is 1. The lowest BCUT2D eigenvalue weighted by atomic mass is 9.92. The summed E-state index contributed by atoms with van der Waals surface area (Å²) in [6.07, 6.45) is -0.385. The molecule has 0 bridgehead atoms. The fourth-order valence-corrected chi connectivity index (χ4v) is 4.62. The number of carbonyl (C=O) groups excluding carboxylic acids is 1. The predicted molar refractivity (Wildman–Crippen MR) is 116 cm³/mol. The van der Waals surface area contributed by atoms with Crippen LogP contribution in [0.25, 0.3) is 9.88 Å². The van der Waals surface area contributed by atoms with Crippen molar-refractivity contribution in [1.29, 1.82) is 0 Å². The van der Waals surface area contributed by atoms with Gasteiger partial charge in [0, 0.05) is 17.1 Å². The van der Waals surface area contributed by atoms with E-state index in [1.54, 1.807) is 28.9 Å². The van der Waals surface area contributed by atoms with Gasteiger partial charge >= 0.3 is 12.1 Å². The van der Waals surface area contributed by atoms with E-state index in [9.17, 15) is 18.0 Å². The van der Waals surface area contributed by atoms with Crippen LogP contribution in [-0.2, 0) is 28.9 Å². The number of halogens is 3. The van der Waals surface area contributed by atoms with E-state index in [2.05, 4.69) is 15.3 Å². The number of nitrogens with one attached hydrogen (secondary N) is 1. The Morgan fingerprint density at radius 3 is 2.72 bits per heavy atom. The number of rotatable bonds is 4. The molecule has 0 aliphatic heterocycles. The summed E-state index contributed by atoms with van der Waals surface area (Å²) < 4.78 is 31.7. The minimum absolute atomic E-state index is 0.0788. The number of nitrogens with two attached hydrogens (primary N) is 1. The largest absolute Gasteiger partial charge is 0.490 e. The Morgan fingerprint density at radius 1 is 1.31 bits per heavy atom. The van der Waals surface area contributed by atoms with Crippen LogP contribution < -0.4 is 11.1 Å². The minimum atomic E-state index is -5.08. The van der Waals surface area contributed by atoms with Gasteiger partial charge in [-0.3, -0.25) is 9.78 Å². The third kappa shape index (κ3) is 6.58. The molecule has 4 N–H and O–H groups in total. The van der Waals surface area contributed by atoms with Crippen molar-refractivity contribution in [2.75, 3.05) is 5.32 Å². The lowest BCUT2D eigenvalue weighted by molar-refractivity contribution is -0.192. The first-order chi connectivity index (χ1) is 15.1. The van der Waals surface area contributed by atoms with Gasteiger partial charge in [0.05, 0.1) is 28.9 Å². The van der Waals surface area contributed by atoms with Crippen LogP contribution in [0, 0.1) is 0 Å². The van der Waals surface area contributed by atoms with E-state index in [-0.39, 0.29) is 18.4 Å². The Morgan fingerprint density at radius 2 is 2.06 bits per heavy atom. The van der Waals surface area contributed by atoms with Crippen LogP contribution in [0.4, 0.5) is 18.9 Å². The number of carboxylic acids is 1. The van der Waals surface area contributed by atoms with Gasteiger partial charge in [0.25, 0.3) is 0 Å². The van der Waals surface area contributed by atoms with Crippen molar-refractivity contribution in [3.8, 4) is 9.88 Å². The Labute approximate surface area is 189 Å². The van der Waals surface area contributed by atoms with Crippen molar-refractivity contribution in [1.82, 2.24) is 9.97 Å². The number of pyridine rings is 1. The molecule has 0 saturated heterocycles. The molecule has 3 aromatic rings. The Hall–Kier alpha value is -2.83. The van der Waals surface area contributed by atoms with Crippen molar-refractivity contribution in [3.05, 3.63) is 52.1 Å². The van der Waals surface area contributed by atoms with E-state index in [0.29, 0.717) is 0 Å². The van der Waals surface area contributed by atoms with Crippen LogP contribution in [0.3, 0.4) is 0 Å². The number of hydrogen-bond donors (Lipinski definition) is 3. The number of aryl methyl sites for hydroxylation is 1. The number of amides is 1. The van der Waals surface area contributed by atoms with Gasteiger partial charge in [-0.1, -0.05) is 6.07 Å². The fraction of sp³-hybridized carbons (Fsp3) is 0.300. The van der Waals surface area contributed by atoms with Crippen LogP contribution >= 0.6 is 22.7 Å². The zero-order chi connectivity index (χ0) is 23.3. The second-order valence-electron chi connectivity index (χ2n) is 6.98. The van der Waals surface area contributed by atoms with Crippen LogP contribution in [-0.4, -0.2) is 39.2 Å². The zero-order valence-electron chi connectivity index (χ0n) is 16.6. The highest BCUT2D eigenvalue weighted by Crippen LogP contribution is 2.28. The molecule has 0 radical (unpaired) electrons. The van der Waals surface area contributed by atoms with Crippen molar-refractivity contribution < 1.29 is 27.9 Å². The molecular weight excluding hydrogens is 465 g/mol. The zero-order valence-corrected chi connectivity index (χ0v) is 18.2. The summed E-state index contributed by atoms with van der Waals surface area (Å²) in [5.74, 6) is -2.84. The van der Waals surface area contributed by atoms with Gasteiger partial charge in [-0.2, -0.15) is 13.2 Å². The van der Waals surface area contributed by atoms with Gasteiger partial charge in [-0.25, -0.2) is 9.78 Å². The van der Waals surface area contributed by atoms with Gasteiger partial charge in [0.2, 0.25) is 5.91 Å². The maximum absolute atomic E-state index is 12.3. The molecule has 4 rings (SSSR count). The second-order valence-corrected chi connectivity index (χ2v) is 8.79. The van der Waals surface area contributed by atoms with E-state index in [4.69, 9.17) is 15.6 Å². The van der Waals surface area contributed by atoms with E-state index in [0.717, 1.165) is 51.8 Å². The predicted octanol–water partition coefficient (Wildman–Crippen LogP) is 3.90. The number of thiophene rings is 1. The molecule has 12 heteroatoms. The number of nitrogens with zero attached hydrogens (tertiary/aromatic N) is 2. The molecule has 1 aliphatic carbocycles. The molecule has 3 heterocycles. The van der Waals surface area contributed by atoms with Crippen molar-refractivity contribution in [3.63, 3.8) is 0 Å². The molecule has 1 amide bonds. The second kappa shape index (κ2) is 10.2. The highest BCUT2D eigenvalue weighted by Gasteiger charge is 2.38. The molecule has 1 unspecified atom stereocenters. The third-order valence-electron chi connectivity index (χ3n) is 4.45. The summed E-state index contributed by atoms with van der Waals surface area (Å²) in [4.78, 5) is 31.4. The summed E-state index contributed by atoms with van der Waals surface area (Å²) in [5.41, 5.74) is 9.78. The third-order valence-corrected chi connectivity index (χ3v) is 6.38. The molecule has 0 spiro atoms. The molecular formula is C20H19F3N4O3S2. The Kier molecular flexibility index (Phi) is 7.59. The lowest BCUT2D eigenvalue weighted by Gasteiger charge is -2.21. The van der Waals surface area contributed by atoms with Crippen molar-refractivity contribution in [2.45, 2.75) is 37.9 Å². The van der Waals surface area contributed by atoms with Crippen LogP contribution in [0.1, 0.15) is 23.4 Å². The lowest BCUT2D eigenvalue weighted by Crippen LogP contribution is -2.28. The van der Waals surface area contributed by atoms with E-state index in [1.165, 1.54) is 0 Å². The summed E-state index contributed by atoms with van der Waals surface area (Å²) >= 11 is 3.22. The molecule has 0 aromatic carbocycles. The number of carboxylic acid groups (broad SMARTS) is 1. The minimum Gasteiger partial charge on any atom is -0.475 e. The van der Waals surface area contributed by atoms with Gasteiger partial charge in [0.15, 0.2) is 0 Å². The number of carbonyl (C=O) groups is 2. The van der Waals surface area contributed by atoms with Crippen LogP contribution in [0.5, 0.6) is 0 Å². The normalized spacial score (nSPS) is 15.3. The standard InChI is InChI=1S/C18H18N4OS2.C2HF3O2/c19-12-3-4-15-11(6-12)7-13(9-20-15)21-17(23)8-14-10-25-18(22-14)16-2-1-5-24-16;3-2(4,5)1(6)7/h1-2,5,7,9-10,12H,3-4,6,8,19H2,(H,21,23);(H,6,7). The maximum Gasteiger partial charge on any atom is 0.490 e. The number of alkyl halides is 3. The number of aliphatic carboxylic acids is 1. The van der Waals surface area contributed by atoms with Crippen molar-refractivity contribution >= 4 is 40.2 Å². The average molecular weight is 485 g/mol. The first kappa shape index (κ1) is 23.8. The first-order valence-corrected chi connectivity index (χ1v) is 11.2. The summed E-state index contributed by atoms with van der Waals surface area (Å²) in [6.45, 7) is 0. The maximum atomic E-state index is 12.3. The fourth-order valence-electron chi connectivity index (χ4n) is 2.99. The average Bonchev–Trinajstić information content (AvgIpc) is 3.39. The first-order valence-electron chi connectivity index (χ1n) is 9.43. The Bertz CT molecular complexity index is 1080. The molecule has 1 aliphatic rings. The number of thiazole rings is 1. The van der Waals surface area contributed by atoms with Crippen LogP contribution in [0.15, 0.2) is 35.2 Å². The monoisotopic (exact) mass is 484 g/mol.